The Balaban J connectivity index is 1.86. The number of carboxylic acid groups (broad SMARTS) is 1. The van der Waals surface area contributed by atoms with Gasteiger partial charge in [0.2, 0.25) is 0 Å². The van der Waals surface area contributed by atoms with E-state index in [9.17, 15) is 4.79 Å². The summed E-state index contributed by atoms with van der Waals surface area (Å²) in [5, 5.41) is 9.16. The lowest BCUT2D eigenvalue weighted by Gasteiger charge is -2.25. The van der Waals surface area contributed by atoms with Gasteiger partial charge in [0, 0.05) is 23.2 Å². The summed E-state index contributed by atoms with van der Waals surface area (Å²) in [6, 6.07) is 6.62. The van der Waals surface area contributed by atoms with Crippen molar-refractivity contribution >= 4 is 17.7 Å². The molecule has 2 rings (SSSR count). The van der Waals surface area contributed by atoms with Gasteiger partial charge in [-0.15, -0.1) is 11.8 Å². The van der Waals surface area contributed by atoms with Crippen LogP contribution in [0.15, 0.2) is 23.1 Å². The van der Waals surface area contributed by atoms with E-state index in [4.69, 9.17) is 5.11 Å². The first-order valence-corrected chi connectivity index (χ1v) is 8.16. The van der Waals surface area contributed by atoms with Crippen LogP contribution in [0.4, 0.5) is 0 Å². The minimum Gasteiger partial charge on any atom is -0.480 e. The zero-order chi connectivity index (χ0) is 14.7. The summed E-state index contributed by atoms with van der Waals surface area (Å²) in [6.07, 6.45) is 2.29. The lowest BCUT2D eigenvalue weighted by Crippen LogP contribution is -2.41. The molecule has 1 aliphatic carbocycles. The number of nitrogens with zero attached hydrogens (tertiary/aromatic N) is 1. The summed E-state index contributed by atoms with van der Waals surface area (Å²) >= 11 is 1.81. The molecule has 0 aliphatic heterocycles. The van der Waals surface area contributed by atoms with Crippen LogP contribution in [0.2, 0.25) is 0 Å². The molecule has 1 aromatic carbocycles. The molecule has 1 aromatic rings. The van der Waals surface area contributed by atoms with Crippen molar-refractivity contribution in [3.63, 3.8) is 0 Å². The molecule has 1 aliphatic rings. The van der Waals surface area contributed by atoms with E-state index < -0.39 is 5.97 Å². The summed E-state index contributed by atoms with van der Waals surface area (Å²) < 4.78 is 0. The number of aryl methyl sites for hydroxylation is 2. The normalized spacial score (nSPS) is 16.4. The fourth-order valence-electron chi connectivity index (χ4n) is 2.31. The maximum atomic E-state index is 11.1. The lowest BCUT2D eigenvalue weighted by molar-refractivity contribution is -0.142. The first-order chi connectivity index (χ1) is 9.49. The van der Waals surface area contributed by atoms with Crippen LogP contribution in [0, 0.1) is 13.8 Å². The summed E-state index contributed by atoms with van der Waals surface area (Å²) in [6.45, 7) is 6.88. The van der Waals surface area contributed by atoms with Crippen LogP contribution in [0.25, 0.3) is 0 Å². The highest BCUT2D eigenvalue weighted by molar-refractivity contribution is 7.99. The van der Waals surface area contributed by atoms with E-state index in [1.54, 1.807) is 6.92 Å². The van der Waals surface area contributed by atoms with Gasteiger partial charge < -0.3 is 5.11 Å². The molecule has 0 radical (unpaired) electrons. The molecule has 1 atom stereocenters. The highest BCUT2D eigenvalue weighted by atomic mass is 32.2. The van der Waals surface area contributed by atoms with Gasteiger partial charge in [0.1, 0.15) is 6.04 Å². The summed E-state index contributed by atoms with van der Waals surface area (Å²) in [5.74, 6) is 0.226. The molecule has 1 unspecified atom stereocenters. The Bertz CT molecular complexity index is 485. The Hall–Kier alpha value is -1.00. The van der Waals surface area contributed by atoms with Crippen LogP contribution >= 0.6 is 11.8 Å². The van der Waals surface area contributed by atoms with Crippen molar-refractivity contribution < 1.29 is 9.90 Å². The smallest absolute Gasteiger partial charge is 0.320 e. The van der Waals surface area contributed by atoms with Gasteiger partial charge in [-0.2, -0.15) is 0 Å². The Labute approximate surface area is 125 Å². The van der Waals surface area contributed by atoms with Crippen molar-refractivity contribution in [3.8, 4) is 0 Å². The van der Waals surface area contributed by atoms with Crippen molar-refractivity contribution in [1.82, 2.24) is 4.90 Å². The third-order valence-corrected chi connectivity index (χ3v) is 4.94. The molecule has 0 saturated heterocycles. The maximum Gasteiger partial charge on any atom is 0.320 e. The van der Waals surface area contributed by atoms with E-state index in [0.29, 0.717) is 6.04 Å². The van der Waals surface area contributed by atoms with Crippen LogP contribution in [-0.4, -0.2) is 40.4 Å². The largest absolute Gasteiger partial charge is 0.480 e. The number of hydrogen-bond donors (Lipinski definition) is 1. The number of aliphatic carboxylic acids is 1. The molecule has 20 heavy (non-hydrogen) atoms. The molecule has 3 nitrogen and oxygen atoms in total. The number of carbonyl (C=O) groups is 1. The van der Waals surface area contributed by atoms with Gasteiger partial charge in [-0.1, -0.05) is 6.07 Å². The minimum absolute atomic E-state index is 0.372. The average Bonchev–Trinajstić information content (AvgIpc) is 3.22. The van der Waals surface area contributed by atoms with Crippen LogP contribution in [0.1, 0.15) is 30.9 Å². The van der Waals surface area contributed by atoms with Crippen LogP contribution in [-0.2, 0) is 4.79 Å². The predicted octanol–water partition coefficient (Wildman–Crippen LogP) is 3.33. The number of carboxylic acids is 1. The molecule has 110 valence electrons. The van der Waals surface area contributed by atoms with Gasteiger partial charge in [0.15, 0.2) is 0 Å². The predicted molar refractivity (Wildman–Crippen MR) is 83.5 cm³/mol. The van der Waals surface area contributed by atoms with Gasteiger partial charge >= 0.3 is 5.97 Å². The highest BCUT2D eigenvalue weighted by Gasteiger charge is 2.34. The van der Waals surface area contributed by atoms with Crippen LogP contribution in [0.3, 0.4) is 0 Å². The van der Waals surface area contributed by atoms with Crippen molar-refractivity contribution in [2.75, 3.05) is 12.3 Å². The molecule has 0 aromatic heterocycles. The second-order valence-corrected chi connectivity index (χ2v) is 6.75. The lowest BCUT2D eigenvalue weighted by atomic mass is 10.1. The minimum atomic E-state index is -0.715. The molecule has 1 saturated carbocycles. The number of thioether (sulfide) groups is 1. The third kappa shape index (κ3) is 4.00. The van der Waals surface area contributed by atoms with E-state index >= 15 is 0 Å². The van der Waals surface area contributed by atoms with E-state index in [1.807, 2.05) is 11.8 Å². The standard InChI is InChI=1S/C16H23NO2S/c1-11-4-7-15(10-12(11)2)20-9-8-17(14-5-6-14)13(3)16(18)19/h4,7,10,13-14H,5-6,8-9H2,1-3H3,(H,18,19). The first-order valence-electron chi connectivity index (χ1n) is 7.17. The van der Waals surface area contributed by atoms with Crippen LogP contribution in [0.5, 0.6) is 0 Å². The molecule has 1 N–H and O–H groups in total. The quantitative estimate of drug-likeness (QED) is 0.783. The van der Waals surface area contributed by atoms with E-state index in [0.717, 1.165) is 25.1 Å². The number of rotatable bonds is 7. The fraction of sp³-hybridized carbons (Fsp3) is 0.562. The summed E-state index contributed by atoms with van der Waals surface area (Å²) in [4.78, 5) is 14.5. The molecular weight excluding hydrogens is 270 g/mol. The Morgan fingerprint density at radius 1 is 1.40 bits per heavy atom. The van der Waals surface area contributed by atoms with Gasteiger partial charge in [-0.05, 0) is 56.9 Å². The second-order valence-electron chi connectivity index (χ2n) is 5.58. The Morgan fingerprint density at radius 3 is 2.65 bits per heavy atom. The molecule has 0 bridgehead atoms. The van der Waals surface area contributed by atoms with Crippen molar-refractivity contribution in [2.45, 2.75) is 50.6 Å². The van der Waals surface area contributed by atoms with Crippen LogP contribution < -0.4 is 0 Å². The zero-order valence-corrected chi connectivity index (χ0v) is 13.2. The molecule has 0 heterocycles. The van der Waals surface area contributed by atoms with Crippen molar-refractivity contribution in [3.05, 3.63) is 29.3 Å². The van der Waals surface area contributed by atoms with Crippen molar-refractivity contribution in [2.24, 2.45) is 0 Å². The van der Waals surface area contributed by atoms with Gasteiger partial charge in [-0.3, -0.25) is 9.69 Å². The Kier molecular flexibility index (Phi) is 5.11. The number of hydrogen-bond acceptors (Lipinski definition) is 3. The van der Waals surface area contributed by atoms with E-state index in [1.165, 1.54) is 16.0 Å². The van der Waals surface area contributed by atoms with E-state index in [-0.39, 0.29) is 6.04 Å². The van der Waals surface area contributed by atoms with Gasteiger partial charge in [-0.25, -0.2) is 0 Å². The molecule has 4 heteroatoms. The summed E-state index contributed by atoms with van der Waals surface area (Å²) in [5.41, 5.74) is 2.63. The van der Waals surface area contributed by atoms with Gasteiger partial charge in [0.25, 0.3) is 0 Å². The molecule has 1 fully saturated rings. The van der Waals surface area contributed by atoms with Crippen molar-refractivity contribution in [1.29, 1.82) is 0 Å². The van der Waals surface area contributed by atoms with E-state index in [2.05, 4.69) is 36.9 Å². The monoisotopic (exact) mass is 293 g/mol. The van der Waals surface area contributed by atoms with Gasteiger partial charge in [0.05, 0.1) is 0 Å². The zero-order valence-electron chi connectivity index (χ0n) is 12.4. The molecule has 0 amide bonds. The number of benzene rings is 1. The third-order valence-electron chi connectivity index (χ3n) is 3.97. The molecule has 0 spiro atoms. The molecular formula is C16H23NO2S. The summed E-state index contributed by atoms with van der Waals surface area (Å²) in [7, 11) is 0. The fourth-order valence-corrected chi connectivity index (χ4v) is 3.28. The SMILES string of the molecule is Cc1ccc(SCCN(C2CC2)C(C)C(=O)O)cc1C. The topological polar surface area (TPSA) is 40.5 Å². The average molecular weight is 293 g/mol. The first kappa shape index (κ1) is 15.4. The second kappa shape index (κ2) is 6.64. The maximum absolute atomic E-state index is 11.1. The highest BCUT2D eigenvalue weighted by Crippen LogP contribution is 2.29. The Morgan fingerprint density at radius 2 is 2.10 bits per heavy atom.